The van der Waals surface area contributed by atoms with Crippen molar-refractivity contribution < 1.29 is 19.4 Å². The van der Waals surface area contributed by atoms with E-state index in [2.05, 4.69) is 4.99 Å². The standard InChI is InChI=1S/C13H15NO4/c1-17-11-5-3-2-4-10(11)13-14-9(8-18-13)6-7-12(15)16/h2-5,9H,6-8H2,1H3,(H,15,16). The fraction of sp³-hybridized carbons (Fsp3) is 0.385. The van der Waals surface area contributed by atoms with Crippen molar-refractivity contribution in [2.45, 2.75) is 18.9 Å². The summed E-state index contributed by atoms with van der Waals surface area (Å²) in [6.07, 6.45) is 0.602. The molecular formula is C13H15NO4. The largest absolute Gasteiger partial charge is 0.496 e. The lowest BCUT2D eigenvalue weighted by atomic mass is 10.2. The summed E-state index contributed by atoms with van der Waals surface area (Å²) in [5, 5.41) is 8.63. The molecule has 0 radical (unpaired) electrons. The summed E-state index contributed by atoms with van der Waals surface area (Å²) in [6, 6.07) is 7.39. The molecule has 1 aliphatic rings. The van der Waals surface area contributed by atoms with Crippen LogP contribution in [0.15, 0.2) is 29.3 Å². The number of carbonyl (C=O) groups is 1. The Morgan fingerprint density at radius 1 is 1.56 bits per heavy atom. The predicted molar refractivity (Wildman–Crippen MR) is 66.1 cm³/mol. The molecule has 1 unspecified atom stereocenters. The van der Waals surface area contributed by atoms with Crippen molar-refractivity contribution >= 4 is 11.9 Å². The second kappa shape index (κ2) is 5.53. The summed E-state index contributed by atoms with van der Waals surface area (Å²) in [7, 11) is 1.59. The lowest BCUT2D eigenvalue weighted by Crippen LogP contribution is -2.09. The van der Waals surface area contributed by atoms with Crippen LogP contribution in [0.4, 0.5) is 0 Å². The van der Waals surface area contributed by atoms with Crippen LogP contribution in [0.3, 0.4) is 0 Å². The molecule has 2 rings (SSSR count). The molecule has 0 aliphatic carbocycles. The number of rotatable bonds is 5. The van der Waals surface area contributed by atoms with Crippen molar-refractivity contribution in [3.8, 4) is 5.75 Å². The first-order valence-electron chi connectivity index (χ1n) is 5.76. The summed E-state index contributed by atoms with van der Waals surface area (Å²) in [5.74, 6) is 0.425. The first kappa shape index (κ1) is 12.4. The molecule has 5 nitrogen and oxygen atoms in total. The minimum absolute atomic E-state index is 0.0824. The highest BCUT2D eigenvalue weighted by Gasteiger charge is 2.22. The number of benzene rings is 1. The Hall–Kier alpha value is -2.04. The van der Waals surface area contributed by atoms with E-state index in [1.807, 2.05) is 24.3 Å². The van der Waals surface area contributed by atoms with Gasteiger partial charge in [-0.2, -0.15) is 0 Å². The third-order valence-corrected chi connectivity index (χ3v) is 2.74. The van der Waals surface area contributed by atoms with Gasteiger partial charge in [-0.25, -0.2) is 4.99 Å². The van der Waals surface area contributed by atoms with E-state index in [-0.39, 0.29) is 12.5 Å². The Morgan fingerprint density at radius 2 is 2.33 bits per heavy atom. The maximum Gasteiger partial charge on any atom is 0.303 e. The summed E-state index contributed by atoms with van der Waals surface area (Å²) in [5.41, 5.74) is 0.804. The van der Waals surface area contributed by atoms with E-state index in [1.54, 1.807) is 7.11 Å². The number of ether oxygens (including phenoxy) is 2. The molecule has 0 fully saturated rings. The number of carboxylic acids is 1. The molecule has 96 valence electrons. The average Bonchev–Trinajstić information content (AvgIpc) is 2.85. The van der Waals surface area contributed by atoms with Gasteiger partial charge in [-0.1, -0.05) is 12.1 Å². The number of para-hydroxylation sites is 1. The zero-order chi connectivity index (χ0) is 13.0. The molecule has 0 bridgehead atoms. The summed E-state index contributed by atoms with van der Waals surface area (Å²) in [4.78, 5) is 14.9. The Kier molecular flexibility index (Phi) is 3.82. The van der Waals surface area contributed by atoms with Gasteiger partial charge in [0.25, 0.3) is 0 Å². The molecule has 0 aromatic heterocycles. The van der Waals surface area contributed by atoms with Gasteiger partial charge in [0.2, 0.25) is 5.90 Å². The minimum atomic E-state index is -0.809. The van der Waals surface area contributed by atoms with E-state index in [0.29, 0.717) is 24.7 Å². The second-order valence-corrected chi connectivity index (χ2v) is 4.03. The molecule has 1 N–H and O–H groups in total. The van der Waals surface area contributed by atoms with E-state index in [1.165, 1.54) is 0 Å². The number of nitrogens with zero attached hydrogens (tertiary/aromatic N) is 1. The Balaban J connectivity index is 2.10. The number of carboxylic acid groups (broad SMARTS) is 1. The molecule has 0 spiro atoms. The maximum absolute atomic E-state index is 10.5. The van der Waals surface area contributed by atoms with Gasteiger partial charge < -0.3 is 14.6 Å². The topological polar surface area (TPSA) is 68.1 Å². The first-order chi connectivity index (χ1) is 8.70. The third kappa shape index (κ3) is 2.80. The number of hydrogen-bond donors (Lipinski definition) is 1. The van der Waals surface area contributed by atoms with Crippen molar-refractivity contribution in [2.75, 3.05) is 13.7 Å². The first-order valence-corrected chi connectivity index (χ1v) is 5.76. The number of hydrogen-bond acceptors (Lipinski definition) is 4. The monoisotopic (exact) mass is 249 g/mol. The predicted octanol–water partition coefficient (Wildman–Crippen LogP) is 1.71. The second-order valence-electron chi connectivity index (χ2n) is 4.03. The van der Waals surface area contributed by atoms with Crippen molar-refractivity contribution in [1.82, 2.24) is 0 Å². The number of aliphatic carboxylic acids is 1. The molecule has 5 heteroatoms. The maximum atomic E-state index is 10.5. The van der Waals surface area contributed by atoms with Crippen molar-refractivity contribution in [2.24, 2.45) is 4.99 Å². The van der Waals surface area contributed by atoms with Crippen molar-refractivity contribution in [3.63, 3.8) is 0 Å². The smallest absolute Gasteiger partial charge is 0.303 e. The molecule has 1 aromatic carbocycles. The van der Waals surface area contributed by atoms with Crippen molar-refractivity contribution in [1.29, 1.82) is 0 Å². The summed E-state index contributed by atoms with van der Waals surface area (Å²) < 4.78 is 10.7. The van der Waals surface area contributed by atoms with Crippen LogP contribution < -0.4 is 4.74 Å². The van der Waals surface area contributed by atoms with Gasteiger partial charge >= 0.3 is 5.97 Å². The van der Waals surface area contributed by atoms with Crippen LogP contribution in [0.5, 0.6) is 5.75 Å². The molecule has 18 heavy (non-hydrogen) atoms. The van der Waals surface area contributed by atoms with Crippen LogP contribution in [-0.4, -0.2) is 36.7 Å². The Morgan fingerprint density at radius 3 is 3.06 bits per heavy atom. The number of methoxy groups -OCH3 is 1. The SMILES string of the molecule is COc1ccccc1C1=NC(CCC(=O)O)CO1. The van der Waals surface area contributed by atoms with Crippen molar-refractivity contribution in [3.05, 3.63) is 29.8 Å². The molecular weight excluding hydrogens is 234 g/mol. The van der Waals surface area contributed by atoms with Gasteiger partial charge in [0.1, 0.15) is 12.4 Å². The van der Waals surface area contributed by atoms with Crippen LogP contribution in [0.1, 0.15) is 18.4 Å². The molecule has 1 aromatic rings. The van der Waals surface area contributed by atoms with Gasteiger partial charge in [-0.05, 0) is 18.6 Å². The molecule has 1 aliphatic heterocycles. The van der Waals surface area contributed by atoms with Gasteiger partial charge in [0, 0.05) is 6.42 Å². The lowest BCUT2D eigenvalue weighted by molar-refractivity contribution is -0.137. The number of aliphatic imine (C=N–C) groups is 1. The van der Waals surface area contributed by atoms with Crippen LogP contribution >= 0.6 is 0 Å². The Labute approximate surface area is 105 Å². The summed E-state index contributed by atoms with van der Waals surface area (Å²) in [6.45, 7) is 0.431. The normalized spacial score (nSPS) is 18.1. The molecule has 0 amide bonds. The third-order valence-electron chi connectivity index (χ3n) is 2.74. The van der Waals surface area contributed by atoms with E-state index in [9.17, 15) is 4.79 Å². The summed E-state index contributed by atoms with van der Waals surface area (Å²) >= 11 is 0. The quantitative estimate of drug-likeness (QED) is 0.862. The van der Waals surface area contributed by atoms with Gasteiger partial charge in [-0.3, -0.25) is 4.79 Å². The zero-order valence-corrected chi connectivity index (χ0v) is 10.1. The van der Waals surface area contributed by atoms with Crippen LogP contribution in [-0.2, 0) is 9.53 Å². The van der Waals surface area contributed by atoms with E-state index in [0.717, 1.165) is 5.56 Å². The minimum Gasteiger partial charge on any atom is -0.496 e. The van der Waals surface area contributed by atoms with Gasteiger partial charge in [0.15, 0.2) is 0 Å². The average molecular weight is 249 g/mol. The van der Waals surface area contributed by atoms with Crippen LogP contribution in [0.2, 0.25) is 0 Å². The van der Waals surface area contributed by atoms with Crippen LogP contribution in [0.25, 0.3) is 0 Å². The highest BCUT2D eigenvalue weighted by molar-refractivity contribution is 5.97. The molecule has 0 saturated carbocycles. The fourth-order valence-electron chi connectivity index (χ4n) is 1.82. The lowest BCUT2D eigenvalue weighted by Gasteiger charge is -2.06. The van der Waals surface area contributed by atoms with Gasteiger partial charge in [-0.15, -0.1) is 0 Å². The molecule has 0 saturated heterocycles. The highest BCUT2D eigenvalue weighted by atomic mass is 16.5. The van der Waals surface area contributed by atoms with Crippen LogP contribution in [0, 0.1) is 0 Å². The Bertz CT molecular complexity index is 470. The van der Waals surface area contributed by atoms with E-state index < -0.39 is 5.97 Å². The fourth-order valence-corrected chi connectivity index (χ4v) is 1.82. The molecule has 1 heterocycles. The van der Waals surface area contributed by atoms with Gasteiger partial charge in [0.05, 0.1) is 18.7 Å². The molecule has 1 atom stereocenters. The van der Waals surface area contributed by atoms with E-state index in [4.69, 9.17) is 14.6 Å². The van der Waals surface area contributed by atoms with E-state index >= 15 is 0 Å². The highest BCUT2D eigenvalue weighted by Crippen LogP contribution is 2.23. The zero-order valence-electron chi connectivity index (χ0n) is 10.1.